The Hall–Kier alpha value is -0.980. The van der Waals surface area contributed by atoms with Crippen LogP contribution in [0, 0.1) is 0 Å². The smallest absolute Gasteiger partial charge is 0.270 e. The molecule has 0 spiro atoms. The van der Waals surface area contributed by atoms with E-state index in [1.54, 1.807) is 5.38 Å². The van der Waals surface area contributed by atoms with Gasteiger partial charge in [0.25, 0.3) is 5.91 Å². The Labute approximate surface area is 92.3 Å². The Morgan fingerprint density at radius 3 is 3.13 bits per heavy atom. The fourth-order valence-electron chi connectivity index (χ4n) is 1.03. The van der Waals surface area contributed by atoms with Gasteiger partial charge in [-0.15, -0.1) is 11.3 Å². The summed E-state index contributed by atoms with van der Waals surface area (Å²) in [6.45, 7) is 1.09. The van der Waals surface area contributed by atoms with Gasteiger partial charge in [0.15, 0.2) is 0 Å². The summed E-state index contributed by atoms with van der Waals surface area (Å²) in [6.07, 6.45) is 1.26. The molecule has 0 saturated heterocycles. The number of aliphatic hydroxyl groups excluding tert-OH is 1. The number of amides is 1. The summed E-state index contributed by atoms with van der Waals surface area (Å²) in [5.41, 5.74) is 5.81. The molecule has 1 aromatic rings. The lowest BCUT2D eigenvalue weighted by atomic mass is 10.4. The molecule has 84 valence electrons. The molecule has 0 bridgehead atoms. The van der Waals surface area contributed by atoms with Crippen molar-refractivity contribution in [3.63, 3.8) is 0 Å². The third-order valence-electron chi connectivity index (χ3n) is 1.76. The van der Waals surface area contributed by atoms with Gasteiger partial charge in [-0.1, -0.05) is 0 Å². The van der Waals surface area contributed by atoms with Gasteiger partial charge in [-0.25, -0.2) is 4.98 Å². The summed E-state index contributed by atoms with van der Waals surface area (Å²) in [4.78, 5) is 15.6. The minimum Gasteiger partial charge on any atom is -0.396 e. The molecule has 5 nitrogen and oxygen atoms in total. The van der Waals surface area contributed by atoms with Gasteiger partial charge in [0, 0.05) is 25.0 Å². The summed E-state index contributed by atoms with van der Waals surface area (Å²) in [7, 11) is 0. The van der Waals surface area contributed by atoms with Crippen LogP contribution in [0.5, 0.6) is 0 Å². The lowest BCUT2D eigenvalue weighted by Crippen LogP contribution is -2.25. The summed E-state index contributed by atoms with van der Waals surface area (Å²) < 4.78 is 0. The van der Waals surface area contributed by atoms with Crippen molar-refractivity contribution in [1.29, 1.82) is 0 Å². The van der Waals surface area contributed by atoms with E-state index in [4.69, 9.17) is 10.8 Å². The Bertz CT molecular complexity index is 314. The number of hydrogen-bond donors (Lipinski definition) is 3. The number of carbonyl (C=O) groups excluding carboxylic acids is 1. The Morgan fingerprint density at radius 1 is 1.67 bits per heavy atom. The van der Waals surface area contributed by atoms with Crippen LogP contribution < -0.4 is 11.1 Å². The average molecular weight is 229 g/mol. The fourth-order valence-corrected chi connectivity index (χ4v) is 1.82. The molecule has 0 atom stereocenters. The van der Waals surface area contributed by atoms with Gasteiger partial charge in [0.1, 0.15) is 5.69 Å². The first kappa shape index (κ1) is 12.1. The Morgan fingerprint density at radius 2 is 2.47 bits per heavy atom. The van der Waals surface area contributed by atoms with Crippen molar-refractivity contribution in [2.75, 3.05) is 19.7 Å². The zero-order valence-electron chi connectivity index (χ0n) is 8.40. The summed E-state index contributed by atoms with van der Waals surface area (Å²) in [5, 5.41) is 13.8. The van der Waals surface area contributed by atoms with Crippen LogP contribution in [0.25, 0.3) is 0 Å². The maximum absolute atomic E-state index is 11.5. The lowest BCUT2D eigenvalue weighted by molar-refractivity contribution is 0.0946. The lowest BCUT2D eigenvalue weighted by Gasteiger charge is -2.00. The van der Waals surface area contributed by atoms with Crippen molar-refractivity contribution in [3.8, 4) is 0 Å². The second-order valence-electron chi connectivity index (χ2n) is 3.00. The van der Waals surface area contributed by atoms with Crippen LogP contribution in [0.4, 0.5) is 0 Å². The molecule has 0 aliphatic rings. The highest BCUT2D eigenvalue weighted by atomic mass is 32.1. The highest BCUT2D eigenvalue weighted by Crippen LogP contribution is 2.09. The largest absolute Gasteiger partial charge is 0.396 e. The second kappa shape index (κ2) is 6.49. The summed E-state index contributed by atoms with van der Waals surface area (Å²) in [6, 6.07) is 0. The molecular weight excluding hydrogens is 214 g/mol. The van der Waals surface area contributed by atoms with E-state index < -0.39 is 0 Å². The van der Waals surface area contributed by atoms with Gasteiger partial charge in [-0.3, -0.25) is 4.79 Å². The van der Waals surface area contributed by atoms with Crippen molar-refractivity contribution >= 4 is 17.2 Å². The van der Waals surface area contributed by atoms with Crippen molar-refractivity contribution in [1.82, 2.24) is 10.3 Å². The predicted molar refractivity (Wildman–Crippen MR) is 58.9 cm³/mol. The molecule has 1 aromatic heterocycles. The zero-order valence-corrected chi connectivity index (χ0v) is 9.22. The number of carbonyl (C=O) groups is 1. The molecular formula is C9H15N3O2S. The van der Waals surface area contributed by atoms with Crippen LogP contribution in [0.15, 0.2) is 5.38 Å². The average Bonchev–Trinajstić information content (AvgIpc) is 2.67. The maximum Gasteiger partial charge on any atom is 0.270 e. The number of rotatable bonds is 6. The van der Waals surface area contributed by atoms with Gasteiger partial charge in [0.05, 0.1) is 5.01 Å². The minimum absolute atomic E-state index is 0.0791. The van der Waals surface area contributed by atoms with E-state index in [2.05, 4.69) is 10.3 Å². The van der Waals surface area contributed by atoms with Gasteiger partial charge >= 0.3 is 0 Å². The van der Waals surface area contributed by atoms with E-state index >= 15 is 0 Å². The van der Waals surface area contributed by atoms with Crippen LogP contribution in [0.3, 0.4) is 0 Å². The number of nitrogens with one attached hydrogen (secondary N) is 1. The van der Waals surface area contributed by atoms with E-state index in [0.717, 1.165) is 5.01 Å². The molecule has 0 unspecified atom stereocenters. The summed E-state index contributed by atoms with van der Waals surface area (Å²) in [5.74, 6) is -0.192. The number of thiazole rings is 1. The minimum atomic E-state index is -0.192. The number of nitrogens with two attached hydrogens (primary N) is 1. The first-order valence-corrected chi connectivity index (χ1v) is 5.69. The Balaban J connectivity index is 2.43. The van der Waals surface area contributed by atoms with E-state index in [0.29, 0.717) is 31.6 Å². The second-order valence-corrected chi connectivity index (χ2v) is 3.94. The predicted octanol–water partition coefficient (Wildman–Crippen LogP) is -0.244. The molecule has 0 radical (unpaired) electrons. The van der Waals surface area contributed by atoms with Crippen LogP contribution in [-0.2, 0) is 6.42 Å². The monoisotopic (exact) mass is 229 g/mol. The molecule has 1 heterocycles. The molecule has 0 fully saturated rings. The topological polar surface area (TPSA) is 88.2 Å². The van der Waals surface area contributed by atoms with Crippen LogP contribution in [0.1, 0.15) is 21.9 Å². The number of aromatic nitrogens is 1. The van der Waals surface area contributed by atoms with E-state index in [1.165, 1.54) is 11.3 Å². The number of aliphatic hydroxyl groups is 1. The third kappa shape index (κ3) is 3.94. The van der Waals surface area contributed by atoms with E-state index in [1.807, 2.05) is 0 Å². The molecule has 1 amide bonds. The van der Waals surface area contributed by atoms with E-state index in [9.17, 15) is 4.79 Å². The zero-order chi connectivity index (χ0) is 11.1. The molecule has 6 heteroatoms. The first-order valence-electron chi connectivity index (χ1n) is 4.81. The third-order valence-corrected chi connectivity index (χ3v) is 2.67. The molecule has 0 aliphatic heterocycles. The highest BCUT2D eigenvalue weighted by Gasteiger charge is 2.09. The SMILES string of the molecule is NCCc1nc(C(=O)NCCCO)cs1. The number of hydrogen-bond acceptors (Lipinski definition) is 5. The van der Waals surface area contributed by atoms with Gasteiger partial charge in [-0.2, -0.15) is 0 Å². The molecule has 0 aliphatic carbocycles. The normalized spacial score (nSPS) is 10.3. The molecule has 0 aromatic carbocycles. The van der Waals surface area contributed by atoms with Crippen molar-refractivity contribution < 1.29 is 9.90 Å². The van der Waals surface area contributed by atoms with Gasteiger partial charge in [0.2, 0.25) is 0 Å². The molecule has 0 saturated carbocycles. The van der Waals surface area contributed by atoms with Crippen molar-refractivity contribution in [3.05, 3.63) is 16.1 Å². The molecule has 1 rings (SSSR count). The van der Waals surface area contributed by atoms with Gasteiger partial charge < -0.3 is 16.2 Å². The molecule has 4 N–H and O–H groups in total. The number of nitrogens with zero attached hydrogens (tertiary/aromatic N) is 1. The standard InChI is InChI=1S/C9H15N3O2S/c10-3-2-8-12-7(6-15-8)9(14)11-4-1-5-13/h6,13H,1-5,10H2,(H,11,14). The maximum atomic E-state index is 11.5. The quantitative estimate of drug-likeness (QED) is 0.587. The van der Waals surface area contributed by atoms with Gasteiger partial charge in [-0.05, 0) is 13.0 Å². The van der Waals surface area contributed by atoms with E-state index in [-0.39, 0.29) is 12.5 Å². The highest BCUT2D eigenvalue weighted by molar-refractivity contribution is 7.09. The van der Waals surface area contributed by atoms with Crippen molar-refractivity contribution in [2.45, 2.75) is 12.8 Å². The molecule has 15 heavy (non-hydrogen) atoms. The first-order chi connectivity index (χ1) is 7.27. The summed E-state index contributed by atoms with van der Waals surface area (Å²) >= 11 is 1.44. The van der Waals surface area contributed by atoms with Crippen LogP contribution >= 0.6 is 11.3 Å². The fraction of sp³-hybridized carbons (Fsp3) is 0.556. The van der Waals surface area contributed by atoms with Crippen LogP contribution in [-0.4, -0.2) is 35.7 Å². The van der Waals surface area contributed by atoms with Crippen molar-refractivity contribution in [2.24, 2.45) is 5.73 Å². The van der Waals surface area contributed by atoms with Crippen LogP contribution in [0.2, 0.25) is 0 Å². The Kier molecular flexibility index (Phi) is 5.23.